The number of aliphatic hydroxyl groups is 1. The van der Waals surface area contributed by atoms with Gasteiger partial charge in [0.15, 0.2) is 6.10 Å². The quantitative estimate of drug-likeness (QED) is 0.731. The van der Waals surface area contributed by atoms with E-state index in [4.69, 9.17) is 16.7 Å². The Balaban J connectivity index is 2.51. The van der Waals surface area contributed by atoms with E-state index in [0.717, 1.165) is 5.39 Å². The lowest BCUT2D eigenvalue weighted by Crippen LogP contribution is -2.10. The van der Waals surface area contributed by atoms with Gasteiger partial charge in [-0.15, -0.1) is 0 Å². The van der Waals surface area contributed by atoms with Crippen molar-refractivity contribution in [2.45, 2.75) is 6.10 Å². The molecule has 5 heteroatoms. The van der Waals surface area contributed by atoms with Gasteiger partial charge >= 0.3 is 5.97 Å². The average Bonchev–Trinajstić information content (AvgIpc) is 2.58. The lowest BCUT2D eigenvalue weighted by Gasteiger charge is -2.00. The molecular formula is C10H8ClNO3. The predicted octanol–water partition coefficient (Wildman–Crippen LogP) is 1.94. The molecule has 3 N–H and O–H groups in total. The molecule has 1 aromatic heterocycles. The molecule has 2 aromatic rings. The lowest BCUT2D eigenvalue weighted by atomic mass is 10.2. The summed E-state index contributed by atoms with van der Waals surface area (Å²) < 4.78 is 0. The Labute approximate surface area is 90.1 Å². The first-order chi connectivity index (χ1) is 7.08. The molecule has 0 bridgehead atoms. The van der Waals surface area contributed by atoms with Crippen LogP contribution in [-0.4, -0.2) is 21.2 Å². The lowest BCUT2D eigenvalue weighted by molar-refractivity contribution is -0.147. The smallest absolute Gasteiger partial charge is 0.338 e. The summed E-state index contributed by atoms with van der Waals surface area (Å²) >= 11 is 5.77. The van der Waals surface area contributed by atoms with Crippen LogP contribution in [0.25, 0.3) is 10.9 Å². The van der Waals surface area contributed by atoms with Gasteiger partial charge in [-0.25, -0.2) is 4.79 Å². The molecular weight excluding hydrogens is 218 g/mol. The van der Waals surface area contributed by atoms with Crippen LogP contribution in [0.2, 0.25) is 5.02 Å². The van der Waals surface area contributed by atoms with Crippen LogP contribution in [0.15, 0.2) is 24.3 Å². The molecule has 4 nitrogen and oxygen atoms in total. The number of fused-ring (bicyclic) bond motifs is 1. The van der Waals surface area contributed by atoms with Crippen LogP contribution in [0.4, 0.5) is 0 Å². The van der Waals surface area contributed by atoms with Gasteiger partial charge in [-0.05, 0) is 23.6 Å². The number of rotatable bonds is 2. The summed E-state index contributed by atoms with van der Waals surface area (Å²) in [7, 11) is 0. The van der Waals surface area contributed by atoms with E-state index >= 15 is 0 Å². The maximum absolute atomic E-state index is 10.5. The van der Waals surface area contributed by atoms with Crippen LogP contribution in [0.3, 0.4) is 0 Å². The third kappa shape index (κ3) is 1.82. The van der Waals surface area contributed by atoms with E-state index in [1.807, 2.05) is 0 Å². The van der Waals surface area contributed by atoms with Crippen molar-refractivity contribution >= 4 is 28.5 Å². The molecule has 0 spiro atoms. The third-order valence-corrected chi connectivity index (χ3v) is 2.37. The number of carbonyl (C=O) groups is 1. The summed E-state index contributed by atoms with van der Waals surface area (Å²) in [6.45, 7) is 0. The molecule has 0 radical (unpaired) electrons. The molecule has 1 atom stereocenters. The van der Waals surface area contributed by atoms with Crippen LogP contribution in [0.5, 0.6) is 0 Å². The molecule has 0 saturated carbocycles. The number of carboxylic acid groups (broad SMARTS) is 1. The minimum atomic E-state index is -1.53. The SMILES string of the molecule is O=C(O)C(O)c1cc2ccc(Cl)cc2[nH]1. The third-order valence-electron chi connectivity index (χ3n) is 2.13. The van der Waals surface area contributed by atoms with Crippen molar-refractivity contribution in [3.8, 4) is 0 Å². The van der Waals surface area contributed by atoms with Crippen molar-refractivity contribution in [2.75, 3.05) is 0 Å². The van der Waals surface area contributed by atoms with E-state index < -0.39 is 12.1 Å². The van der Waals surface area contributed by atoms with Crippen molar-refractivity contribution < 1.29 is 15.0 Å². The minimum absolute atomic E-state index is 0.250. The Bertz CT molecular complexity index is 520. The molecule has 1 aromatic carbocycles. The van der Waals surface area contributed by atoms with E-state index in [2.05, 4.69) is 4.98 Å². The van der Waals surface area contributed by atoms with Gasteiger partial charge in [0.05, 0.1) is 5.69 Å². The Morgan fingerprint density at radius 2 is 2.13 bits per heavy atom. The van der Waals surface area contributed by atoms with E-state index in [-0.39, 0.29) is 5.69 Å². The summed E-state index contributed by atoms with van der Waals surface area (Å²) in [6.07, 6.45) is -1.53. The number of aliphatic carboxylic acids is 1. The zero-order valence-corrected chi connectivity index (χ0v) is 8.32. The number of aliphatic hydroxyl groups excluding tert-OH is 1. The zero-order valence-electron chi connectivity index (χ0n) is 7.57. The highest BCUT2D eigenvalue weighted by molar-refractivity contribution is 6.31. The summed E-state index contributed by atoms with van der Waals surface area (Å²) in [5.74, 6) is -1.28. The van der Waals surface area contributed by atoms with Gasteiger partial charge in [0.25, 0.3) is 0 Å². The number of hydrogen-bond donors (Lipinski definition) is 3. The topological polar surface area (TPSA) is 73.3 Å². The highest BCUT2D eigenvalue weighted by Gasteiger charge is 2.17. The highest BCUT2D eigenvalue weighted by atomic mass is 35.5. The summed E-state index contributed by atoms with van der Waals surface area (Å²) in [4.78, 5) is 13.3. The van der Waals surface area contributed by atoms with Crippen LogP contribution in [0, 0.1) is 0 Å². The summed E-state index contributed by atoms with van der Waals surface area (Å²) in [5.41, 5.74) is 0.956. The summed E-state index contributed by atoms with van der Waals surface area (Å²) in [6, 6.07) is 6.72. The van der Waals surface area contributed by atoms with Crippen molar-refractivity contribution in [1.82, 2.24) is 4.98 Å². The van der Waals surface area contributed by atoms with Gasteiger partial charge in [-0.2, -0.15) is 0 Å². The fraction of sp³-hybridized carbons (Fsp3) is 0.100. The molecule has 15 heavy (non-hydrogen) atoms. The zero-order chi connectivity index (χ0) is 11.0. The van der Waals surface area contributed by atoms with Crippen molar-refractivity contribution in [2.24, 2.45) is 0 Å². The predicted molar refractivity (Wildman–Crippen MR) is 55.9 cm³/mol. The number of carboxylic acids is 1. The van der Waals surface area contributed by atoms with E-state index in [0.29, 0.717) is 10.5 Å². The largest absolute Gasteiger partial charge is 0.479 e. The highest BCUT2D eigenvalue weighted by Crippen LogP contribution is 2.23. The minimum Gasteiger partial charge on any atom is -0.479 e. The normalized spacial score (nSPS) is 12.9. The van der Waals surface area contributed by atoms with Gasteiger partial charge in [-0.1, -0.05) is 17.7 Å². The number of aromatic amines is 1. The van der Waals surface area contributed by atoms with Crippen LogP contribution < -0.4 is 0 Å². The first-order valence-electron chi connectivity index (χ1n) is 4.27. The van der Waals surface area contributed by atoms with Crippen LogP contribution >= 0.6 is 11.6 Å². The average molecular weight is 226 g/mol. The number of nitrogens with one attached hydrogen (secondary N) is 1. The molecule has 0 fully saturated rings. The molecule has 0 amide bonds. The van der Waals surface area contributed by atoms with E-state index in [1.165, 1.54) is 0 Å². The second kappa shape index (κ2) is 3.56. The van der Waals surface area contributed by atoms with E-state index in [1.54, 1.807) is 24.3 Å². The van der Waals surface area contributed by atoms with Crippen molar-refractivity contribution in [3.63, 3.8) is 0 Å². The second-order valence-electron chi connectivity index (χ2n) is 3.20. The molecule has 2 rings (SSSR count). The molecule has 0 saturated heterocycles. The molecule has 0 aliphatic heterocycles. The van der Waals surface area contributed by atoms with Gasteiger partial charge in [0.1, 0.15) is 0 Å². The molecule has 0 aliphatic carbocycles. The molecule has 0 aliphatic rings. The van der Waals surface area contributed by atoms with Gasteiger partial charge < -0.3 is 15.2 Å². The molecule has 78 valence electrons. The van der Waals surface area contributed by atoms with Crippen LogP contribution in [0.1, 0.15) is 11.8 Å². The monoisotopic (exact) mass is 225 g/mol. The Kier molecular flexibility index (Phi) is 2.38. The number of H-pyrrole nitrogens is 1. The summed E-state index contributed by atoms with van der Waals surface area (Å²) in [5, 5.41) is 19.3. The maximum Gasteiger partial charge on any atom is 0.338 e. The van der Waals surface area contributed by atoms with Gasteiger partial charge in [0, 0.05) is 10.5 Å². The fourth-order valence-corrected chi connectivity index (χ4v) is 1.57. The standard InChI is InChI=1S/C10H8ClNO3/c11-6-2-1-5-3-8(9(13)10(14)15)12-7(5)4-6/h1-4,9,12-13H,(H,14,15). The maximum atomic E-state index is 10.5. The van der Waals surface area contributed by atoms with Crippen molar-refractivity contribution in [3.05, 3.63) is 35.0 Å². The Hall–Kier alpha value is -1.52. The van der Waals surface area contributed by atoms with Gasteiger partial charge in [-0.3, -0.25) is 0 Å². The number of benzene rings is 1. The van der Waals surface area contributed by atoms with Crippen LogP contribution in [-0.2, 0) is 4.79 Å². The number of hydrogen-bond acceptors (Lipinski definition) is 2. The Morgan fingerprint density at radius 3 is 2.80 bits per heavy atom. The van der Waals surface area contributed by atoms with Crippen molar-refractivity contribution in [1.29, 1.82) is 0 Å². The van der Waals surface area contributed by atoms with E-state index in [9.17, 15) is 9.90 Å². The Morgan fingerprint density at radius 1 is 1.40 bits per heavy atom. The fourth-order valence-electron chi connectivity index (χ4n) is 1.40. The number of aromatic nitrogens is 1. The first kappa shape index (κ1) is 10.0. The molecule has 1 heterocycles. The van der Waals surface area contributed by atoms with Gasteiger partial charge in [0.2, 0.25) is 0 Å². The second-order valence-corrected chi connectivity index (χ2v) is 3.63. The molecule has 1 unspecified atom stereocenters. The first-order valence-corrected chi connectivity index (χ1v) is 4.65. The number of halogens is 1.